The molecule has 1 heterocycles. The summed E-state index contributed by atoms with van der Waals surface area (Å²) in [7, 11) is 0. The Morgan fingerprint density at radius 3 is 2.41 bits per heavy atom. The zero-order valence-corrected chi connectivity index (χ0v) is 17.5. The summed E-state index contributed by atoms with van der Waals surface area (Å²) in [4.78, 5) is 33.2. The lowest BCUT2D eigenvalue weighted by Gasteiger charge is -2.30. The van der Waals surface area contributed by atoms with Crippen molar-refractivity contribution >= 4 is 11.8 Å². The third-order valence-corrected chi connectivity index (χ3v) is 5.64. The number of hydrogen-bond acceptors (Lipinski definition) is 4. The molecular formula is C23H30N4O2. The topological polar surface area (TPSA) is 84.0 Å². The van der Waals surface area contributed by atoms with E-state index in [0.717, 1.165) is 31.2 Å². The second-order valence-electron chi connectivity index (χ2n) is 8.09. The van der Waals surface area contributed by atoms with Crippen LogP contribution in [0.5, 0.6) is 0 Å². The lowest BCUT2D eigenvalue weighted by Crippen LogP contribution is -2.41. The summed E-state index contributed by atoms with van der Waals surface area (Å²) in [5, 5.41) is 6.22. The summed E-state index contributed by atoms with van der Waals surface area (Å²) in [5.74, 6) is 0.326. The molecule has 2 atom stereocenters. The molecule has 6 heteroatoms. The standard InChI is InChI=1S/C23H30N4O2/c1-15-7-9-18(10-8-15)12-21(28)24-13-19-5-4-6-20(11-19)27-23(29)22-16(2)25-14-26-17(22)3/h7-10,14,19-20H,4-6,11-13H2,1-3H3,(H,24,28)(H,27,29)/t19-,20+/m1/s1. The first-order chi connectivity index (χ1) is 13.9. The molecule has 0 bridgehead atoms. The van der Waals surface area contributed by atoms with Crippen LogP contribution in [0.4, 0.5) is 0 Å². The van der Waals surface area contributed by atoms with E-state index in [1.807, 2.05) is 45.0 Å². The van der Waals surface area contributed by atoms with Crippen molar-refractivity contribution in [3.63, 3.8) is 0 Å². The van der Waals surface area contributed by atoms with Crippen LogP contribution in [0, 0.1) is 26.7 Å². The first-order valence-corrected chi connectivity index (χ1v) is 10.3. The van der Waals surface area contributed by atoms with Crippen LogP contribution in [-0.4, -0.2) is 34.4 Å². The second kappa shape index (κ2) is 9.63. The van der Waals surface area contributed by atoms with Gasteiger partial charge in [0.05, 0.1) is 23.4 Å². The highest BCUT2D eigenvalue weighted by molar-refractivity contribution is 5.96. The highest BCUT2D eigenvalue weighted by Crippen LogP contribution is 2.24. The van der Waals surface area contributed by atoms with Gasteiger partial charge in [-0.15, -0.1) is 0 Å². The minimum Gasteiger partial charge on any atom is -0.356 e. The van der Waals surface area contributed by atoms with Crippen LogP contribution >= 0.6 is 0 Å². The number of hydrogen-bond donors (Lipinski definition) is 2. The summed E-state index contributed by atoms with van der Waals surface area (Å²) in [6.45, 7) is 6.35. The Hall–Kier alpha value is -2.76. The van der Waals surface area contributed by atoms with Gasteiger partial charge < -0.3 is 10.6 Å². The van der Waals surface area contributed by atoms with E-state index in [0.29, 0.717) is 35.8 Å². The minimum absolute atomic E-state index is 0.0488. The molecular weight excluding hydrogens is 364 g/mol. The number of aryl methyl sites for hydroxylation is 3. The molecule has 2 N–H and O–H groups in total. The number of nitrogens with zero attached hydrogens (tertiary/aromatic N) is 2. The molecule has 0 radical (unpaired) electrons. The van der Waals surface area contributed by atoms with Crippen molar-refractivity contribution in [1.82, 2.24) is 20.6 Å². The lowest BCUT2D eigenvalue weighted by molar-refractivity contribution is -0.120. The van der Waals surface area contributed by atoms with E-state index >= 15 is 0 Å². The van der Waals surface area contributed by atoms with Crippen LogP contribution in [0.15, 0.2) is 30.6 Å². The van der Waals surface area contributed by atoms with E-state index in [2.05, 4.69) is 20.6 Å². The maximum atomic E-state index is 12.7. The Labute approximate surface area is 172 Å². The van der Waals surface area contributed by atoms with Crippen molar-refractivity contribution in [2.24, 2.45) is 5.92 Å². The number of amides is 2. The molecule has 2 amide bonds. The van der Waals surface area contributed by atoms with Crippen molar-refractivity contribution in [3.8, 4) is 0 Å². The van der Waals surface area contributed by atoms with Gasteiger partial charge in [0.2, 0.25) is 5.91 Å². The normalized spacial score (nSPS) is 18.9. The molecule has 0 unspecified atom stereocenters. The largest absolute Gasteiger partial charge is 0.356 e. The van der Waals surface area contributed by atoms with Gasteiger partial charge in [-0.1, -0.05) is 36.2 Å². The van der Waals surface area contributed by atoms with Gasteiger partial charge in [0.25, 0.3) is 5.91 Å². The summed E-state index contributed by atoms with van der Waals surface area (Å²) >= 11 is 0. The summed E-state index contributed by atoms with van der Waals surface area (Å²) in [6, 6.07) is 8.17. The first-order valence-electron chi connectivity index (χ1n) is 10.3. The molecule has 1 saturated carbocycles. The molecule has 1 aromatic carbocycles. The van der Waals surface area contributed by atoms with E-state index in [1.165, 1.54) is 11.9 Å². The van der Waals surface area contributed by atoms with Gasteiger partial charge in [-0.3, -0.25) is 9.59 Å². The first kappa shape index (κ1) is 21.0. The fourth-order valence-electron chi connectivity index (χ4n) is 4.00. The molecule has 6 nitrogen and oxygen atoms in total. The molecule has 0 spiro atoms. The molecule has 0 aliphatic heterocycles. The molecule has 29 heavy (non-hydrogen) atoms. The van der Waals surface area contributed by atoms with Crippen molar-refractivity contribution in [2.75, 3.05) is 6.54 Å². The van der Waals surface area contributed by atoms with Crippen molar-refractivity contribution in [3.05, 3.63) is 58.7 Å². The average Bonchev–Trinajstić information content (AvgIpc) is 2.68. The average molecular weight is 395 g/mol. The van der Waals surface area contributed by atoms with Crippen LogP contribution in [0.1, 0.15) is 58.6 Å². The van der Waals surface area contributed by atoms with Gasteiger partial charge in [-0.25, -0.2) is 9.97 Å². The monoisotopic (exact) mass is 394 g/mol. The second-order valence-corrected chi connectivity index (χ2v) is 8.09. The van der Waals surface area contributed by atoms with Crippen molar-refractivity contribution < 1.29 is 9.59 Å². The minimum atomic E-state index is -0.102. The van der Waals surface area contributed by atoms with E-state index < -0.39 is 0 Å². The molecule has 3 rings (SSSR count). The van der Waals surface area contributed by atoms with Gasteiger partial charge in [0, 0.05) is 12.6 Å². The van der Waals surface area contributed by atoms with E-state index in [-0.39, 0.29) is 17.9 Å². The van der Waals surface area contributed by atoms with Gasteiger partial charge in [0.1, 0.15) is 6.33 Å². The Bertz CT molecular complexity index is 843. The fraction of sp³-hybridized carbons (Fsp3) is 0.478. The highest BCUT2D eigenvalue weighted by atomic mass is 16.2. The predicted octanol–water partition coefficient (Wildman–Crippen LogP) is 3.05. The number of nitrogens with one attached hydrogen (secondary N) is 2. The Morgan fingerprint density at radius 1 is 1.03 bits per heavy atom. The molecule has 2 aromatic rings. The number of aromatic nitrogens is 2. The predicted molar refractivity (Wildman–Crippen MR) is 113 cm³/mol. The van der Waals surface area contributed by atoms with E-state index in [9.17, 15) is 9.59 Å². The zero-order chi connectivity index (χ0) is 20.8. The van der Waals surface area contributed by atoms with Crippen LogP contribution in [0.3, 0.4) is 0 Å². The van der Waals surface area contributed by atoms with E-state index in [4.69, 9.17) is 0 Å². The third kappa shape index (κ3) is 5.86. The van der Waals surface area contributed by atoms with Gasteiger partial charge >= 0.3 is 0 Å². The molecule has 154 valence electrons. The summed E-state index contributed by atoms with van der Waals surface area (Å²) in [6.07, 6.45) is 5.85. The van der Waals surface area contributed by atoms with Gasteiger partial charge in [0.15, 0.2) is 0 Å². The third-order valence-electron chi connectivity index (χ3n) is 5.64. The molecule has 0 saturated heterocycles. The SMILES string of the molecule is Cc1ccc(CC(=O)NC[C@@H]2CCC[C@H](NC(=O)c3c(C)ncnc3C)C2)cc1. The van der Waals surface area contributed by atoms with Gasteiger partial charge in [-0.05, 0) is 51.5 Å². The van der Waals surface area contributed by atoms with Crippen molar-refractivity contribution in [1.29, 1.82) is 0 Å². The number of carbonyl (C=O) groups excluding carboxylic acids is 2. The fourth-order valence-corrected chi connectivity index (χ4v) is 4.00. The molecule has 1 aliphatic carbocycles. The quantitative estimate of drug-likeness (QED) is 0.789. The van der Waals surface area contributed by atoms with Crippen LogP contribution in [-0.2, 0) is 11.2 Å². The lowest BCUT2D eigenvalue weighted by atomic mass is 9.85. The smallest absolute Gasteiger partial charge is 0.255 e. The number of carbonyl (C=O) groups is 2. The number of rotatable bonds is 6. The van der Waals surface area contributed by atoms with E-state index in [1.54, 1.807) is 0 Å². The summed E-state index contributed by atoms with van der Waals surface area (Å²) < 4.78 is 0. The zero-order valence-electron chi connectivity index (χ0n) is 17.5. The Kier molecular flexibility index (Phi) is 6.96. The molecule has 1 aromatic heterocycles. The molecule has 1 aliphatic rings. The summed E-state index contributed by atoms with van der Waals surface area (Å²) in [5.41, 5.74) is 4.19. The van der Waals surface area contributed by atoms with Crippen LogP contribution in [0.2, 0.25) is 0 Å². The Morgan fingerprint density at radius 2 is 1.72 bits per heavy atom. The van der Waals surface area contributed by atoms with Crippen molar-refractivity contribution in [2.45, 2.75) is 58.9 Å². The molecule has 1 fully saturated rings. The van der Waals surface area contributed by atoms with Crippen LogP contribution < -0.4 is 10.6 Å². The maximum Gasteiger partial charge on any atom is 0.255 e. The maximum absolute atomic E-state index is 12.7. The Balaban J connectivity index is 1.48. The van der Waals surface area contributed by atoms with Crippen LogP contribution in [0.25, 0.3) is 0 Å². The highest BCUT2D eigenvalue weighted by Gasteiger charge is 2.25. The number of benzene rings is 1. The van der Waals surface area contributed by atoms with Gasteiger partial charge in [-0.2, -0.15) is 0 Å².